The maximum atomic E-state index is 13.6. The van der Waals surface area contributed by atoms with E-state index in [0.717, 1.165) is 16.3 Å². The minimum absolute atomic E-state index is 0.0788. The molecule has 4 N–H and O–H groups in total. The lowest BCUT2D eigenvalue weighted by Gasteiger charge is -2.10. The topological polar surface area (TPSA) is 115 Å². The van der Waals surface area contributed by atoms with Crippen LogP contribution in [0.25, 0.3) is 5.69 Å². The van der Waals surface area contributed by atoms with Crippen LogP contribution in [-0.2, 0) is 22.2 Å². The van der Waals surface area contributed by atoms with Gasteiger partial charge in [-0.05, 0) is 50.4 Å². The van der Waals surface area contributed by atoms with Gasteiger partial charge in [0.1, 0.15) is 11.5 Å². The molecular weight excluding hydrogens is 497 g/mol. The number of hydrogen-bond donors (Lipinski definition) is 3. The highest BCUT2D eigenvalue weighted by molar-refractivity contribution is 5.99. The summed E-state index contributed by atoms with van der Waals surface area (Å²) in [5.74, 6) is -0.714. The Morgan fingerprint density at radius 3 is 2.42 bits per heavy atom. The molecule has 0 aromatic carbocycles. The molecule has 0 saturated heterocycles. The highest BCUT2D eigenvalue weighted by Gasteiger charge is 2.36. The van der Waals surface area contributed by atoms with Gasteiger partial charge in [0.2, 0.25) is 5.91 Å². The van der Waals surface area contributed by atoms with Crippen molar-refractivity contribution in [3.63, 3.8) is 0 Å². The van der Waals surface area contributed by atoms with Gasteiger partial charge >= 0.3 is 6.18 Å². The van der Waals surface area contributed by atoms with Crippen LogP contribution in [0.1, 0.15) is 25.2 Å². The van der Waals surface area contributed by atoms with E-state index >= 15 is 0 Å². The van der Waals surface area contributed by atoms with Crippen molar-refractivity contribution in [2.45, 2.75) is 26.4 Å². The van der Waals surface area contributed by atoms with Crippen LogP contribution in [0.2, 0.25) is 0 Å². The predicted molar refractivity (Wildman–Crippen MR) is 142 cm³/mol. The molecule has 2 aromatic rings. The Hall–Kier alpha value is -4.85. The SMILES string of the molecule is C#C.C\C=C/C(=C\C=C\C(=O)Nc1ccc(-n2nc(C/C(C)=C/C=C\N)cc2C(F)(F)F)cn1)C(=O)NC. The molecule has 2 rings (SSSR count). The van der Waals surface area contributed by atoms with E-state index in [1.165, 1.54) is 49.8 Å². The normalized spacial score (nSPS) is 12.5. The van der Waals surface area contributed by atoms with Gasteiger partial charge in [0.15, 0.2) is 0 Å². The summed E-state index contributed by atoms with van der Waals surface area (Å²) in [6.45, 7) is 3.51. The van der Waals surface area contributed by atoms with Gasteiger partial charge in [0, 0.05) is 25.1 Å². The van der Waals surface area contributed by atoms with Crippen molar-refractivity contribution >= 4 is 17.6 Å². The number of aromatic nitrogens is 3. The zero-order valence-electron chi connectivity index (χ0n) is 21.2. The van der Waals surface area contributed by atoms with Crippen molar-refractivity contribution < 1.29 is 22.8 Å². The van der Waals surface area contributed by atoms with E-state index in [0.29, 0.717) is 5.57 Å². The van der Waals surface area contributed by atoms with E-state index in [4.69, 9.17) is 5.73 Å². The Morgan fingerprint density at radius 1 is 1.16 bits per heavy atom. The number of hydrogen-bond acceptors (Lipinski definition) is 5. The number of halogens is 3. The number of nitrogens with two attached hydrogens (primary N) is 1. The fourth-order valence-corrected chi connectivity index (χ4v) is 3.00. The zero-order chi connectivity index (χ0) is 28.7. The van der Waals surface area contributed by atoms with Gasteiger partial charge in [-0.15, -0.1) is 12.8 Å². The lowest BCUT2D eigenvalue weighted by molar-refractivity contribution is -0.142. The van der Waals surface area contributed by atoms with E-state index in [1.54, 1.807) is 38.2 Å². The number of likely N-dealkylation sites (N-methyl/N-ethyl adjacent to an activating group) is 1. The molecule has 2 heterocycles. The lowest BCUT2D eigenvalue weighted by atomic mass is 10.1. The number of alkyl halides is 3. The average Bonchev–Trinajstić information content (AvgIpc) is 3.32. The molecule has 2 amide bonds. The molecule has 0 spiro atoms. The van der Waals surface area contributed by atoms with E-state index in [2.05, 4.69) is 33.6 Å². The van der Waals surface area contributed by atoms with E-state index < -0.39 is 17.8 Å². The maximum absolute atomic E-state index is 13.6. The second kappa shape index (κ2) is 15.3. The predicted octanol–water partition coefficient (Wildman–Crippen LogP) is 4.24. The van der Waals surface area contributed by atoms with Gasteiger partial charge < -0.3 is 16.4 Å². The molecule has 0 aliphatic carbocycles. The van der Waals surface area contributed by atoms with Crippen molar-refractivity contribution in [1.82, 2.24) is 20.1 Å². The summed E-state index contributed by atoms with van der Waals surface area (Å²) in [5, 5.41) is 9.09. The average molecular weight is 527 g/mol. The summed E-state index contributed by atoms with van der Waals surface area (Å²) in [7, 11) is 1.49. The van der Waals surface area contributed by atoms with Crippen molar-refractivity contribution in [2.75, 3.05) is 12.4 Å². The van der Waals surface area contributed by atoms with E-state index in [1.807, 2.05) is 0 Å². The number of anilines is 1. The number of carbonyl (C=O) groups is 2. The van der Waals surface area contributed by atoms with Gasteiger partial charge in [0.25, 0.3) is 5.91 Å². The first-order valence-electron chi connectivity index (χ1n) is 11.1. The molecule has 0 fully saturated rings. The summed E-state index contributed by atoms with van der Waals surface area (Å²) in [5.41, 5.74) is 5.78. The monoisotopic (exact) mass is 526 g/mol. The second-order valence-electron chi connectivity index (χ2n) is 7.46. The van der Waals surface area contributed by atoms with Crippen LogP contribution in [0.4, 0.5) is 19.0 Å². The van der Waals surface area contributed by atoms with Crippen molar-refractivity contribution in [3.05, 3.63) is 95.7 Å². The Bertz CT molecular complexity index is 1260. The number of rotatable bonds is 9. The minimum Gasteiger partial charge on any atom is -0.405 e. The molecule has 0 bridgehead atoms. The number of amides is 2. The second-order valence-corrected chi connectivity index (χ2v) is 7.46. The van der Waals surface area contributed by atoms with Crippen LogP contribution < -0.4 is 16.4 Å². The molecular formula is C27H29F3N6O2. The molecule has 2 aromatic heterocycles. The summed E-state index contributed by atoms with van der Waals surface area (Å²) >= 11 is 0. The van der Waals surface area contributed by atoms with E-state index in [9.17, 15) is 22.8 Å². The molecule has 200 valence electrons. The number of pyridine rings is 1. The third kappa shape index (κ3) is 9.66. The number of terminal acetylenes is 1. The summed E-state index contributed by atoms with van der Waals surface area (Å²) in [6, 6.07) is 3.72. The van der Waals surface area contributed by atoms with Crippen molar-refractivity contribution in [3.8, 4) is 18.5 Å². The Balaban J connectivity index is 0.00000352. The fourth-order valence-electron chi connectivity index (χ4n) is 3.00. The van der Waals surface area contributed by atoms with Crippen molar-refractivity contribution in [2.24, 2.45) is 5.73 Å². The third-order valence-electron chi connectivity index (χ3n) is 4.60. The minimum atomic E-state index is -4.63. The molecule has 0 radical (unpaired) electrons. The van der Waals surface area contributed by atoms with Crippen LogP contribution in [0, 0.1) is 12.8 Å². The van der Waals surface area contributed by atoms with Gasteiger partial charge in [-0.2, -0.15) is 18.3 Å². The standard InChI is InChI=1S/C25H27F3N6O2.C2H2/c1-4-7-18(24(36)30-3)9-5-10-23(35)32-22-12-11-20(16-31-22)34-21(25(26,27)28)15-19(33-34)14-17(2)8-6-13-29;1-2/h4-13,15-16H,14,29H2,1-3H3,(H,30,36)(H,31,32,35);1-2H/b7-4-,10-5+,13-6-,17-8+,18-9+;. The number of nitrogens with one attached hydrogen (secondary N) is 2. The highest BCUT2D eigenvalue weighted by Crippen LogP contribution is 2.32. The highest BCUT2D eigenvalue weighted by atomic mass is 19.4. The van der Waals surface area contributed by atoms with E-state index in [-0.39, 0.29) is 29.5 Å². The molecule has 0 atom stereocenters. The number of allylic oxidation sites excluding steroid dienone is 6. The zero-order valence-corrected chi connectivity index (χ0v) is 21.2. The third-order valence-corrected chi connectivity index (χ3v) is 4.60. The molecule has 8 nitrogen and oxygen atoms in total. The number of carbonyl (C=O) groups excluding carboxylic acids is 2. The van der Waals surface area contributed by atoms with Gasteiger partial charge in [0.05, 0.1) is 17.6 Å². The van der Waals surface area contributed by atoms with Crippen LogP contribution >= 0.6 is 0 Å². The first-order chi connectivity index (χ1) is 18.1. The smallest absolute Gasteiger partial charge is 0.405 e. The molecule has 0 saturated carbocycles. The summed E-state index contributed by atoms with van der Waals surface area (Å²) in [6.07, 6.45) is 16.7. The summed E-state index contributed by atoms with van der Waals surface area (Å²) in [4.78, 5) is 27.9. The fraction of sp³-hybridized carbons (Fsp3) is 0.185. The van der Waals surface area contributed by atoms with Crippen LogP contribution in [-0.4, -0.2) is 33.6 Å². The Labute approximate surface area is 219 Å². The Morgan fingerprint density at radius 2 is 1.87 bits per heavy atom. The summed E-state index contributed by atoms with van der Waals surface area (Å²) < 4.78 is 41.6. The molecule has 0 unspecified atom stereocenters. The van der Waals surface area contributed by atoms with Crippen LogP contribution in [0.3, 0.4) is 0 Å². The molecule has 0 aliphatic heterocycles. The van der Waals surface area contributed by atoms with Crippen LogP contribution in [0.15, 0.2) is 84.3 Å². The molecule has 11 heteroatoms. The Kier molecular flexibility index (Phi) is 12.6. The van der Waals surface area contributed by atoms with Gasteiger partial charge in [-0.3, -0.25) is 9.59 Å². The van der Waals surface area contributed by atoms with Gasteiger partial charge in [-0.1, -0.05) is 29.9 Å². The van der Waals surface area contributed by atoms with Crippen LogP contribution in [0.5, 0.6) is 0 Å². The quantitative estimate of drug-likeness (QED) is 0.257. The number of nitrogens with zero attached hydrogens (tertiary/aromatic N) is 3. The molecule has 38 heavy (non-hydrogen) atoms. The lowest BCUT2D eigenvalue weighted by Crippen LogP contribution is -2.18. The first-order valence-corrected chi connectivity index (χ1v) is 11.1. The van der Waals surface area contributed by atoms with Crippen molar-refractivity contribution in [1.29, 1.82) is 0 Å². The first kappa shape index (κ1) is 31.2. The molecule has 0 aliphatic rings. The van der Waals surface area contributed by atoms with Gasteiger partial charge in [-0.25, -0.2) is 9.67 Å². The largest absolute Gasteiger partial charge is 0.433 e. The maximum Gasteiger partial charge on any atom is 0.433 e.